The topological polar surface area (TPSA) is 87.0 Å². The average molecular weight is 234 g/mol. The molecule has 5 heteroatoms. The molecule has 0 radical (unpaired) electrons. The summed E-state index contributed by atoms with van der Waals surface area (Å²) in [6.45, 7) is 2.60. The molecular weight excluding hydrogens is 212 g/mol. The van der Waals surface area contributed by atoms with Crippen LogP contribution in [0.1, 0.15) is 39.5 Å². The Morgan fingerprint density at radius 1 is 1.50 bits per heavy atom. The quantitative estimate of drug-likeness (QED) is 0.614. The molecule has 2 unspecified atom stereocenters. The van der Waals surface area contributed by atoms with Crippen molar-refractivity contribution in [3.05, 3.63) is 0 Å². The molecular formula is C11H22O5. The average Bonchev–Trinajstić information content (AvgIpc) is 2.12. The Morgan fingerprint density at radius 3 is 2.25 bits per heavy atom. The smallest absolute Gasteiger partial charge is 0.156 e. The highest BCUT2D eigenvalue weighted by Crippen LogP contribution is 2.27. The first-order valence-corrected chi connectivity index (χ1v) is 5.42. The molecule has 0 aliphatic heterocycles. The second-order valence-corrected chi connectivity index (χ2v) is 4.46. The summed E-state index contributed by atoms with van der Waals surface area (Å²) in [6, 6.07) is 0. The second kappa shape index (κ2) is 6.96. The lowest BCUT2D eigenvalue weighted by Gasteiger charge is -2.24. The van der Waals surface area contributed by atoms with Gasteiger partial charge in [-0.3, -0.25) is 4.79 Å². The normalized spacial score (nSPS) is 21.9. The number of methoxy groups -OCH3 is 1. The van der Waals surface area contributed by atoms with E-state index in [1.54, 1.807) is 0 Å². The van der Waals surface area contributed by atoms with Crippen molar-refractivity contribution in [1.82, 2.24) is 0 Å². The molecule has 1 aliphatic rings. The summed E-state index contributed by atoms with van der Waals surface area (Å²) in [6.07, 6.45) is 2.38. The predicted octanol–water partition coefficient (Wildman–Crippen LogP) is 0.418. The van der Waals surface area contributed by atoms with Crippen molar-refractivity contribution in [2.45, 2.75) is 51.6 Å². The third-order valence-electron chi connectivity index (χ3n) is 2.23. The number of aliphatic hydroxyl groups excluding tert-OH is 1. The summed E-state index contributed by atoms with van der Waals surface area (Å²) >= 11 is 0. The van der Waals surface area contributed by atoms with Gasteiger partial charge in [0.15, 0.2) is 12.1 Å². The zero-order chi connectivity index (χ0) is 12.8. The first-order chi connectivity index (χ1) is 7.24. The van der Waals surface area contributed by atoms with Crippen LogP contribution in [0.5, 0.6) is 0 Å². The van der Waals surface area contributed by atoms with Gasteiger partial charge in [0.2, 0.25) is 0 Å². The number of aliphatic hydroxyl groups is 3. The van der Waals surface area contributed by atoms with Gasteiger partial charge >= 0.3 is 0 Å². The summed E-state index contributed by atoms with van der Waals surface area (Å²) < 4.78 is 4.65. The Labute approximate surface area is 96.0 Å². The molecule has 0 aromatic heterocycles. The zero-order valence-corrected chi connectivity index (χ0v) is 10.1. The van der Waals surface area contributed by atoms with E-state index in [-0.39, 0.29) is 5.92 Å². The van der Waals surface area contributed by atoms with Gasteiger partial charge in [-0.05, 0) is 33.1 Å². The lowest BCUT2D eigenvalue weighted by atomic mass is 9.80. The Balaban J connectivity index is 0.000000385. The van der Waals surface area contributed by atoms with Gasteiger partial charge in [-0.25, -0.2) is 0 Å². The molecule has 1 rings (SSSR count). The molecule has 16 heavy (non-hydrogen) atoms. The molecule has 0 bridgehead atoms. The van der Waals surface area contributed by atoms with E-state index in [0.717, 1.165) is 19.3 Å². The van der Waals surface area contributed by atoms with Crippen LogP contribution in [0, 0.1) is 5.92 Å². The predicted molar refractivity (Wildman–Crippen MR) is 58.5 cm³/mol. The summed E-state index contributed by atoms with van der Waals surface area (Å²) in [4.78, 5) is 10.8. The fraction of sp³-hybridized carbons (Fsp3) is 0.909. The highest BCUT2D eigenvalue weighted by atomic mass is 16.6. The lowest BCUT2D eigenvalue weighted by molar-refractivity contribution is -0.131. The van der Waals surface area contributed by atoms with Gasteiger partial charge in [-0.1, -0.05) is 0 Å². The summed E-state index contributed by atoms with van der Waals surface area (Å²) in [5, 5.41) is 25.1. The first-order valence-electron chi connectivity index (χ1n) is 5.42. The molecule has 2 atom stereocenters. The molecule has 0 amide bonds. The van der Waals surface area contributed by atoms with Crippen LogP contribution in [-0.4, -0.2) is 40.3 Å². The minimum atomic E-state index is -1.50. The molecule has 1 aliphatic carbocycles. The van der Waals surface area contributed by atoms with Gasteiger partial charge < -0.3 is 20.1 Å². The van der Waals surface area contributed by atoms with E-state index in [0.29, 0.717) is 12.2 Å². The van der Waals surface area contributed by atoms with E-state index >= 15 is 0 Å². The third-order valence-corrected chi connectivity index (χ3v) is 2.23. The van der Waals surface area contributed by atoms with Crippen LogP contribution in [0.25, 0.3) is 0 Å². The van der Waals surface area contributed by atoms with Crippen LogP contribution in [0.3, 0.4) is 0 Å². The monoisotopic (exact) mass is 234 g/mol. The minimum absolute atomic E-state index is 0.208. The third kappa shape index (κ3) is 8.79. The van der Waals surface area contributed by atoms with Gasteiger partial charge in [0.05, 0.1) is 0 Å². The molecule has 0 aromatic rings. The van der Waals surface area contributed by atoms with E-state index in [9.17, 15) is 4.79 Å². The van der Waals surface area contributed by atoms with Crippen LogP contribution in [0.15, 0.2) is 0 Å². The maximum absolute atomic E-state index is 10.8. The van der Waals surface area contributed by atoms with Crippen LogP contribution in [-0.2, 0) is 9.53 Å². The SMILES string of the molecule is CC(C)(O)O.COC(O)CCC1CCC1=O. The van der Waals surface area contributed by atoms with Crippen molar-refractivity contribution < 1.29 is 24.9 Å². The van der Waals surface area contributed by atoms with E-state index in [2.05, 4.69) is 4.74 Å². The second-order valence-electron chi connectivity index (χ2n) is 4.46. The Hall–Kier alpha value is -0.490. The summed E-state index contributed by atoms with van der Waals surface area (Å²) in [7, 11) is 1.47. The van der Waals surface area contributed by atoms with Crippen LogP contribution in [0.2, 0.25) is 0 Å². The number of Topliss-reactive ketones (excluding diaryl/α,β-unsaturated/α-hetero) is 1. The highest BCUT2D eigenvalue weighted by molar-refractivity contribution is 5.86. The molecule has 0 saturated heterocycles. The zero-order valence-electron chi connectivity index (χ0n) is 10.1. The van der Waals surface area contributed by atoms with Crippen molar-refractivity contribution in [2.24, 2.45) is 5.92 Å². The van der Waals surface area contributed by atoms with Gasteiger partial charge in [0, 0.05) is 19.4 Å². The first kappa shape index (κ1) is 15.5. The van der Waals surface area contributed by atoms with Crippen LogP contribution < -0.4 is 0 Å². The molecule has 0 heterocycles. The standard InChI is InChI=1S/C8H14O3.C3H8O2/c1-11-8(10)5-3-6-2-4-7(6)9;1-3(2,4)5/h6,8,10H,2-5H2,1H3;4-5H,1-2H3. The van der Waals surface area contributed by atoms with E-state index < -0.39 is 12.1 Å². The van der Waals surface area contributed by atoms with Crippen molar-refractivity contribution in [1.29, 1.82) is 0 Å². The molecule has 5 nitrogen and oxygen atoms in total. The van der Waals surface area contributed by atoms with Gasteiger partial charge in [-0.15, -0.1) is 0 Å². The van der Waals surface area contributed by atoms with Gasteiger partial charge in [-0.2, -0.15) is 0 Å². The fourth-order valence-electron chi connectivity index (χ4n) is 1.23. The van der Waals surface area contributed by atoms with E-state index in [4.69, 9.17) is 15.3 Å². The van der Waals surface area contributed by atoms with Crippen molar-refractivity contribution in [3.8, 4) is 0 Å². The summed E-state index contributed by atoms with van der Waals surface area (Å²) in [5.41, 5.74) is 0. The number of carbonyl (C=O) groups is 1. The van der Waals surface area contributed by atoms with Crippen molar-refractivity contribution in [3.63, 3.8) is 0 Å². The Morgan fingerprint density at radius 2 is 2.00 bits per heavy atom. The molecule has 3 N–H and O–H groups in total. The molecule has 96 valence electrons. The van der Waals surface area contributed by atoms with Crippen LogP contribution in [0.4, 0.5) is 0 Å². The Bertz CT molecular complexity index is 203. The number of rotatable bonds is 4. The van der Waals surface area contributed by atoms with E-state index in [1.807, 2.05) is 0 Å². The van der Waals surface area contributed by atoms with Crippen LogP contribution >= 0.6 is 0 Å². The number of ketones is 1. The molecule has 1 saturated carbocycles. The van der Waals surface area contributed by atoms with Crippen molar-refractivity contribution in [2.75, 3.05) is 7.11 Å². The molecule has 0 spiro atoms. The van der Waals surface area contributed by atoms with Gasteiger partial charge in [0.25, 0.3) is 0 Å². The number of hydrogen-bond acceptors (Lipinski definition) is 5. The number of carbonyl (C=O) groups excluding carboxylic acids is 1. The maximum Gasteiger partial charge on any atom is 0.156 e. The number of hydrogen-bond donors (Lipinski definition) is 3. The van der Waals surface area contributed by atoms with Crippen molar-refractivity contribution >= 4 is 5.78 Å². The minimum Gasteiger partial charge on any atom is -0.368 e. The van der Waals surface area contributed by atoms with E-state index in [1.165, 1.54) is 21.0 Å². The summed E-state index contributed by atoms with van der Waals surface area (Å²) in [5.74, 6) is -0.951. The lowest BCUT2D eigenvalue weighted by Crippen LogP contribution is -2.26. The largest absolute Gasteiger partial charge is 0.368 e. The fourth-order valence-corrected chi connectivity index (χ4v) is 1.23. The Kier molecular flexibility index (Phi) is 6.74. The maximum atomic E-state index is 10.8. The van der Waals surface area contributed by atoms with Gasteiger partial charge in [0.1, 0.15) is 5.78 Å². The molecule has 1 fully saturated rings. The number of ether oxygens (including phenoxy) is 1. The molecule has 0 aromatic carbocycles. The highest BCUT2D eigenvalue weighted by Gasteiger charge is 2.27.